The van der Waals surface area contributed by atoms with E-state index in [4.69, 9.17) is 5.73 Å². The van der Waals surface area contributed by atoms with Crippen molar-refractivity contribution in [3.63, 3.8) is 0 Å². The molecule has 35 heavy (non-hydrogen) atoms. The van der Waals surface area contributed by atoms with Gasteiger partial charge >= 0.3 is 6.18 Å². The van der Waals surface area contributed by atoms with Crippen molar-refractivity contribution in [1.29, 1.82) is 0 Å². The van der Waals surface area contributed by atoms with E-state index >= 15 is 0 Å². The summed E-state index contributed by atoms with van der Waals surface area (Å²) in [5.41, 5.74) is 4.41. The minimum absolute atomic E-state index is 0.0916. The number of amides is 2. The highest BCUT2D eigenvalue weighted by Crippen LogP contribution is 2.40. The molecule has 3 N–H and O–H groups in total. The van der Waals surface area contributed by atoms with Crippen molar-refractivity contribution in [2.75, 3.05) is 23.7 Å². The molecule has 0 radical (unpaired) electrons. The monoisotopic (exact) mass is 490 g/mol. The zero-order valence-corrected chi connectivity index (χ0v) is 19.6. The molecule has 3 aromatic rings. The van der Waals surface area contributed by atoms with E-state index in [1.807, 2.05) is 0 Å². The summed E-state index contributed by atoms with van der Waals surface area (Å²) < 4.78 is 42.4. The molecule has 0 spiro atoms. The SMILES string of the molecule is CC(=O)N1CCN(c2cc(-c3cc(C(F)(F)F)c4c(N)ncnn34)ccc2[C@@H](C)O)C(=O)C1(C)C. The molecule has 186 valence electrons. The Morgan fingerprint density at radius 3 is 2.51 bits per heavy atom. The standard InChI is InChI=1S/C23H25F3N6O3/c1-12(33)15-6-5-14(9-18(15)30-7-8-31(13(2)34)22(3,4)21(30)35)17-10-16(23(24,25)26)19-20(27)28-11-29-32(17)19/h5-6,9-12,33H,7-8H2,1-4H3,(H2,27,28,29)/t12-/m1/s1. The van der Waals surface area contributed by atoms with Crippen LogP contribution in [0.5, 0.6) is 0 Å². The fraction of sp³-hybridized carbons (Fsp3) is 0.391. The normalized spacial score (nSPS) is 17.2. The first-order valence-corrected chi connectivity index (χ1v) is 10.9. The van der Waals surface area contributed by atoms with E-state index in [1.54, 1.807) is 32.0 Å². The summed E-state index contributed by atoms with van der Waals surface area (Å²) >= 11 is 0. The van der Waals surface area contributed by atoms with Gasteiger partial charge in [-0.1, -0.05) is 12.1 Å². The van der Waals surface area contributed by atoms with Crippen molar-refractivity contribution in [1.82, 2.24) is 19.5 Å². The van der Waals surface area contributed by atoms with Crippen LogP contribution in [0.3, 0.4) is 0 Å². The lowest BCUT2D eigenvalue weighted by Crippen LogP contribution is -2.64. The summed E-state index contributed by atoms with van der Waals surface area (Å²) in [4.78, 5) is 32.1. The van der Waals surface area contributed by atoms with E-state index in [0.29, 0.717) is 16.8 Å². The Labute approximate surface area is 198 Å². The molecule has 1 aliphatic rings. The highest BCUT2D eigenvalue weighted by Gasteiger charge is 2.44. The smallest absolute Gasteiger partial charge is 0.389 e. The van der Waals surface area contributed by atoms with Gasteiger partial charge in [-0.15, -0.1) is 0 Å². The summed E-state index contributed by atoms with van der Waals surface area (Å²) in [7, 11) is 0. The quantitative estimate of drug-likeness (QED) is 0.583. The molecule has 0 saturated carbocycles. The van der Waals surface area contributed by atoms with Gasteiger partial charge in [0.25, 0.3) is 5.91 Å². The van der Waals surface area contributed by atoms with Crippen LogP contribution in [0.25, 0.3) is 16.8 Å². The lowest BCUT2D eigenvalue weighted by Gasteiger charge is -2.46. The minimum atomic E-state index is -4.70. The van der Waals surface area contributed by atoms with Crippen LogP contribution in [0.15, 0.2) is 30.6 Å². The van der Waals surface area contributed by atoms with Crippen LogP contribution < -0.4 is 10.6 Å². The fourth-order valence-electron chi connectivity index (χ4n) is 4.59. The van der Waals surface area contributed by atoms with Crippen molar-refractivity contribution in [2.24, 2.45) is 0 Å². The molecule has 2 aromatic heterocycles. The number of aliphatic hydroxyl groups excluding tert-OH is 1. The fourth-order valence-corrected chi connectivity index (χ4v) is 4.59. The Morgan fingerprint density at radius 2 is 1.91 bits per heavy atom. The average Bonchev–Trinajstić information content (AvgIpc) is 3.16. The maximum absolute atomic E-state index is 13.8. The minimum Gasteiger partial charge on any atom is -0.389 e. The molecule has 0 aliphatic carbocycles. The van der Waals surface area contributed by atoms with Crippen molar-refractivity contribution >= 4 is 28.8 Å². The predicted octanol–water partition coefficient (Wildman–Crippen LogP) is 3.02. The number of hydrogen-bond acceptors (Lipinski definition) is 6. The van der Waals surface area contributed by atoms with Crippen LogP contribution in [0, 0.1) is 0 Å². The van der Waals surface area contributed by atoms with Crippen LogP contribution in [0.4, 0.5) is 24.7 Å². The number of piperazine rings is 1. The molecular formula is C23H25F3N6O3. The van der Waals surface area contributed by atoms with E-state index < -0.39 is 23.4 Å². The number of carbonyl (C=O) groups excluding carboxylic acids is 2. The maximum atomic E-state index is 13.8. The maximum Gasteiger partial charge on any atom is 0.418 e. The zero-order chi connectivity index (χ0) is 25.9. The van der Waals surface area contributed by atoms with Crippen molar-refractivity contribution < 1.29 is 27.9 Å². The topological polar surface area (TPSA) is 117 Å². The number of fused-ring (bicyclic) bond motifs is 1. The van der Waals surface area contributed by atoms with Crippen LogP contribution in [-0.2, 0) is 15.8 Å². The number of carbonyl (C=O) groups is 2. The molecule has 9 nitrogen and oxygen atoms in total. The predicted molar refractivity (Wildman–Crippen MR) is 122 cm³/mol. The van der Waals surface area contributed by atoms with Gasteiger partial charge in [-0.25, -0.2) is 9.50 Å². The van der Waals surface area contributed by atoms with Crippen LogP contribution in [0.1, 0.15) is 44.9 Å². The second kappa shape index (κ2) is 8.22. The first-order chi connectivity index (χ1) is 16.2. The van der Waals surface area contributed by atoms with Gasteiger partial charge in [0.15, 0.2) is 5.82 Å². The first kappa shape index (κ1) is 24.5. The number of aliphatic hydroxyl groups is 1. The number of alkyl halides is 3. The molecule has 2 amide bonds. The number of rotatable bonds is 3. The highest BCUT2D eigenvalue weighted by atomic mass is 19.4. The molecule has 3 heterocycles. The summed E-state index contributed by atoms with van der Waals surface area (Å²) in [6.07, 6.45) is -4.61. The number of halogens is 3. The van der Waals surface area contributed by atoms with Crippen LogP contribution >= 0.6 is 0 Å². The number of nitrogens with two attached hydrogens (primary N) is 1. The third kappa shape index (κ3) is 3.97. The Bertz CT molecular complexity index is 1330. The lowest BCUT2D eigenvalue weighted by molar-refractivity contribution is -0.145. The van der Waals surface area contributed by atoms with Crippen molar-refractivity contribution in [3.05, 3.63) is 41.7 Å². The van der Waals surface area contributed by atoms with E-state index in [1.165, 1.54) is 23.6 Å². The Kier molecular flexibility index (Phi) is 5.75. The van der Waals surface area contributed by atoms with E-state index in [9.17, 15) is 27.9 Å². The highest BCUT2D eigenvalue weighted by molar-refractivity contribution is 6.03. The molecule has 1 saturated heterocycles. The van der Waals surface area contributed by atoms with Gasteiger partial charge in [0.2, 0.25) is 5.91 Å². The summed E-state index contributed by atoms with van der Waals surface area (Å²) in [5.74, 6) is -0.943. The second-order valence-electron chi connectivity index (χ2n) is 8.98. The van der Waals surface area contributed by atoms with Crippen LogP contribution in [0.2, 0.25) is 0 Å². The third-order valence-electron chi connectivity index (χ3n) is 6.33. The van der Waals surface area contributed by atoms with Gasteiger partial charge in [-0.05, 0) is 32.9 Å². The average molecular weight is 490 g/mol. The third-order valence-corrected chi connectivity index (χ3v) is 6.33. The number of nitrogen functional groups attached to an aromatic ring is 1. The molecule has 4 rings (SSSR count). The van der Waals surface area contributed by atoms with E-state index in [0.717, 1.165) is 16.9 Å². The molecule has 12 heteroatoms. The zero-order valence-electron chi connectivity index (χ0n) is 19.6. The molecule has 1 fully saturated rings. The number of anilines is 2. The largest absolute Gasteiger partial charge is 0.418 e. The molecule has 0 bridgehead atoms. The van der Waals surface area contributed by atoms with Gasteiger partial charge in [-0.2, -0.15) is 18.3 Å². The Balaban J connectivity index is 1.90. The summed E-state index contributed by atoms with van der Waals surface area (Å²) in [6, 6.07) is 5.58. The van der Waals surface area contributed by atoms with Crippen molar-refractivity contribution in [3.8, 4) is 11.3 Å². The lowest BCUT2D eigenvalue weighted by atomic mass is 9.94. The van der Waals surface area contributed by atoms with Gasteiger partial charge in [0, 0.05) is 31.1 Å². The van der Waals surface area contributed by atoms with Gasteiger partial charge in [0.1, 0.15) is 17.4 Å². The Morgan fingerprint density at radius 1 is 1.23 bits per heavy atom. The Hall–Kier alpha value is -3.67. The molecule has 1 atom stereocenters. The summed E-state index contributed by atoms with van der Waals surface area (Å²) in [5, 5.41) is 14.3. The number of aromatic nitrogens is 3. The molecular weight excluding hydrogens is 465 g/mol. The number of nitrogens with zero attached hydrogens (tertiary/aromatic N) is 5. The van der Waals surface area contributed by atoms with Crippen molar-refractivity contribution in [2.45, 2.75) is 45.5 Å². The van der Waals surface area contributed by atoms with Crippen LogP contribution in [-0.4, -0.2) is 55.0 Å². The van der Waals surface area contributed by atoms with Gasteiger partial charge in [0.05, 0.1) is 23.0 Å². The molecule has 1 aliphatic heterocycles. The summed E-state index contributed by atoms with van der Waals surface area (Å²) in [6.45, 7) is 6.59. The molecule has 1 aromatic carbocycles. The number of benzene rings is 1. The first-order valence-electron chi connectivity index (χ1n) is 10.9. The van der Waals surface area contributed by atoms with E-state index in [2.05, 4.69) is 10.1 Å². The van der Waals surface area contributed by atoms with E-state index in [-0.39, 0.29) is 41.9 Å². The number of hydrogen-bond donors (Lipinski definition) is 2. The van der Waals surface area contributed by atoms with Gasteiger partial charge < -0.3 is 20.6 Å². The molecule has 0 unspecified atom stereocenters. The van der Waals surface area contributed by atoms with Gasteiger partial charge in [-0.3, -0.25) is 9.59 Å². The second-order valence-corrected chi connectivity index (χ2v) is 8.98.